The standard InChI is InChI=1S/C18H20N2O3/c21-18(17-4-2-10-22-17)20-12-14-5-7-16(8-6-14)23-13-15-3-1-9-19-11-15/h1,3,5-9,11,17H,2,4,10,12-13H2,(H,20,21)/t17-/m1/s1. The van der Waals surface area contributed by atoms with Gasteiger partial charge in [-0.05, 0) is 36.6 Å². The van der Waals surface area contributed by atoms with Crippen molar-refractivity contribution in [1.82, 2.24) is 10.3 Å². The number of pyridine rings is 1. The highest BCUT2D eigenvalue weighted by Gasteiger charge is 2.22. The lowest BCUT2D eigenvalue weighted by Crippen LogP contribution is -2.33. The number of ether oxygens (including phenoxy) is 2. The van der Waals surface area contributed by atoms with E-state index in [1.807, 2.05) is 36.4 Å². The Morgan fingerprint density at radius 1 is 1.26 bits per heavy atom. The van der Waals surface area contributed by atoms with Crippen LogP contribution in [0.3, 0.4) is 0 Å². The molecule has 1 aliphatic heterocycles. The van der Waals surface area contributed by atoms with Crippen LogP contribution < -0.4 is 10.1 Å². The van der Waals surface area contributed by atoms with Gasteiger partial charge in [0.05, 0.1) is 0 Å². The maximum Gasteiger partial charge on any atom is 0.249 e. The van der Waals surface area contributed by atoms with E-state index in [9.17, 15) is 4.79 Å². The molecule has 5 nitrogen and oxygen atoms in total. The van der Waals surface area contributed by atoms with Crippen LogP contribution in [0.25, 0.3) is 0 Å². The van der Waals surface area contributed by atoms with Gasteiger partial charge in [0.25, 0.3) is 0 Å². The number of benzene rings is 1. The average Bonchev–Trinajstić information content (AvgIpc) is 3.14. The van der Waals surface area contributed by atoms with Crippen LogP contribution in [0.15, 0.2) is 48.8 Å². The molecule has 0 saturated carbocycles. The Bertz CT molecular complexity index is 622. The highest BCUT2D eigenvalue weighted by atomic mass is 16.5. The third kappa shape index (κ3) is 4.53. The summed E-state index contributed by atoms with van der Waals surface area (Å²) in [7, 11) is 0. The van der Waals surface area contributed by atoms with Crippen molar-refractivity contribution in [2.45, 2.75) is 32.1 Å². The SMILES string of the molecule is O=C(NCc1ccc(OCc2cccnc2)cc1)[C@H]1CCCO1. The molecule has 1 atom stereocenters. The number of carbonyl (C=O) groups is 1. The number of hydrogen-bond donors (Lipinski definition) is 1. The van der Waals surface area contributed by atoms with Crippen LogP contribution in [-0.2, 0) is 22.7 Å². The first-order chi connectivity index (χ1) is 11.3. The van der Waals surface area contributed by atoms with Gasteiger partial charge in [-0.25, -0.2) is 0 Å². The van der Waals surface area contributed by atoms with E-state index >= 15 is 0 Å². The van der Waals surface area contributed by atoms with Crippen molar-refractivity contribution in [3.8, 4) is 5.75 Å². The summed E-state index contributed by atoms with van der Waals surface area (Å²) in [5.41, 5.74) is 2.06. The number of carbonyl (C=O) groups excluding carboxylic acids is 1. The zero-order valence-corrected chi connectivity index (χ0v) is 12.9. The van der Waals surface area contributed by atoms with Gasteiger partial charge in [-0.2, -0.15) is 0 Å². The first-order valence-corrected chi connectivity index (χ1v) is 7.81. The van der Waals surface area contributed by atoms with Crippen molar-refractivity contribution in [2.75, 3.05) is 6.61 Å². The highest BCUT2D eigenvalue weighted by Crippen LogP contribution is 2.15. The van der Waals surface area contributed by atoms with Gasteiger partial charge in [0.15, 0.2) is 0 Å². The van der Waals surface area contributed by atoms with Crippen molar-refractivity contribution in [3.05, 3.63) is 59.9 Å². The van der Waals surface area contributed by atoms with E-state index < -0.39 is 0 Å². The Kier molecular flexibility index (Phi) is 5.21. The predicted octanol–water partition coefficient (Wildman–Crippen LogP) is 2.46. The molecule has 5 heteroatoms. The molecular formula is C18H20N2O3. The van der Waals surface area contributed by atoms with E-state index in [2.05, 4.69) is 10.3 Å². The molecule has 0 bridgehead atoms. The summed E-state index contributed by atoms with van der Waals surface area (Å²) in [5, 5.41) is 2.91. The van der Waals surface area contributed by atoms with E-state index in [0.29, 0.717) is 19.8 Å². The Labute approximate surface area is 135 Å². The van der Waals surface area contributed by atoms with Crippen molar-refractivity contribution in [2.24, 2.45) is 0 Å². The molecule has 3 rings (SSSR count). The van der Waals surface area contributed by atoms with Gasteiger partial charge in [0.2, 0.25) is 5.91 Å². The maximum atomic E-state index is 11.9. The molecule has 1 aromatic carbocycles. The number of amides is 1. The molecule has 1 N–H and O–H groups in total. The quantitative estimate of drug-likeness (QED) is 0.890. The molecule has 23 heavy (non-hydrogen) atoms. The van der Waals surface area contributed by atoms with Crippen LogP contribution in [0.2, 0.25) is 0 Å². The van der Waals surface area contributed by atoms with Crippen LogP contribution >= 0.6 is 0 Å². The van der Waals surface area contributed by atoms with Gasteiger partial charge < -0.3 is 14.8 Å². The Balaban J connectivity index is 1.46. The third-order valence-electron chi connectivity index (χ3n) is 3.74. The van der Waals surface area contributed by atoms with Gasteiger partial charge >= 0.3 is 0 Å². The smallest absolute Gasteiger partial charge is 0.249 e. The number of hydrogen-bond acceptors (Lipinski definition) is 4. The fourth-order valence-electron chi connectivity index (χ4n) is 2.44. The number of nitrogens with one attached hydrogen (secondary N) is 1. The molecule has 0 aliphatic carbocycles. The minimum Gasteiger partial charge on any atom is -0.489 e. The van der Waals surface area contributed by atoms with Gasteiger partial charge in [0.1, 0.15) is 18.5 Å². The van der Waals surface area contributed by atoms with E-state index in [0.717, 1.165) is 29.7 Å². The van der Waals surface area contributed by atoms with Crippen molar-refractivity contribution in [3.63, 3.8) is 0 Å². The summed E-state index contributed by atoms with van der Waals surface area (Å²) in [4.78, 5) is 15.9. The van der Waals surface area contributed by atoms with Crippen LogP contribution in [0, 0.1) is 0 Å². The van der Waals surface area contributed by atoms with Crippen LogP contribution in [0.4, 0.5) is 0 Å². The minimum atomic E-state index is -0.280. The van der Waals surface area contributed by atoms with Gasteiger partial charge in [-0.1, -0.05) is 18.2 Å². The summed E-state index contributed by atoms with van der Waals surface area (Å²) in [6, 6.07) is 11.6. The topological polar surface area (TPSA) is 60.5 Å². The molecule has 1 saturated heterocycles. The van der Waals surface area contributed by atoms with E-state index in [1.165, 1.54) is 0 Å². The molecule has 1 fully saturated rings. The molecule has 0 spiro atoms. The second kappa shape index (κ2) is 7.74. The van der Waals surface area contributed by atoms with E-state index in [-0.39, 0.29) is 12.0 Å². The fraction of sp³-hybridized carbons (Fsp3) is 0.333. The second-order valence-electron chi connectivity index (χ2n) is 5.51. The molecule has 0 radical (unpaired) electrons. The maximum absolute atomic E-state index is 11.9. The summed E-state index contributed by atoms with van der Waals surface area (Å²) in [5.74, 6) is 0.766. The van der Waals surface area contributed by atoms with Gasteiger partial charge in [-0.15, -0.1) is 0 Å². The first-order valence-electron chi connectivity index (χ1n) is 7.81. The monoisotopic (exact) mass is 312 g/mol. The van der Waals surface area contributed by atoms with Crippen molar-refractivity contribution in [1.29, 1.82) is 0 Å². The summed E-state index contributed by atoms with van der Waals surface area (Å²) < 4.78 is 11.1. The first kappa shape index (κ1) is 15.5. The minimum absolute atomic E-state index is 0.0283. The molecular weight excluding hydrogens is 292 g/mol. The number of aromatic nitrogens is 1. The zero-order valence-electron chi connectivity index (χ0n) is 12.9. The molecule has 0 unspecified atom stereocenters. The lowest BCUT2D eigenvalue weighted by Gasteiger charge is -2.11. The molecule has 120 valence electrons. The lowest BCUT2D eigenvalue weighted by molar-refractivity contribution is -0.130. The Morgan fingerprint density at radius 2 is 2.13 bits per heavy atom. The second-order valence-corrected chi connectivity index (χ2v) is 5.51. The predicted molar refractivity (Wildman–Crippen MR) is 85.8 cm³/mol. The summed E-state index contributed by atoms with van der Waals surface area (Å²) in [6.07, 6.45) is 5.02. The Morgan fingerprint density at radius 3 is 2.83 bits per heavy atom. The van der Waals surface area contributed by atoms with Crippen LogP contribution in [0.5, 0.6) is 5.75 Å². The normalized spacial score (nSPS) is 17.0. The number of nitrogens with zero attached hydrogens (tertiary/aromatic N) is 1. The van der Waals surface area contributed by atoms with E-state index in [1.54, 1.807) is 12.4 Å². The summed E-state index contributed by atoms with van der Waals surface area (Å²) >= 11 is 0. The van der Waals surface area contributed by atoms with Gasteiger partial charge in [-0.3, -0.25) is 9.78 Å². The Hall–Kier alpha value is -2.40. The molecule has 1 aliphatic rings. The number of rotatable bonds is 6. The van der Waals surface area contributed by atoms with Crippen LogP contribution in [0.1, 0.15) is 24.0 Å². The third-order valence-corrected chi connectivity index (χ3v) is 3.74. The largest absolute Gasteiger partial charge is 0.489 e. The van der Waals surface area contributed by atoms with E-state index in [4.69, 9.17) is 9.47 Å². The lowest BCUT2D eigenvalue weighted by atomic mass is 10.2. The van der Waals surface area contributed by atoms with Crippen molar-refractivity contribution < 1.29 is 14.3 Å². The zero-order chi connectivity index (χ0) is 15.9. The van der Waals surface area contributed by atoms with Crippen LogP contribution in [-0.4, -0.2) is 23.6 Å². The molecule has 1 amide bonds. The molecule has 1 aromatic heterocycles. The summed E-state index contributed by atoms with van der Waals surface area (Å²) in [6.45, 7) is 1.67. The fourth-order valence-corrected chi connectivity index (χ4v) is 2.44. The van der Waals surface area contributed by atoms with Gasteiger partial charge in [0, 0.05) is 31.1 Å². The average molecular weight is 312 g/mol. The highest BCUT2D eigenvalue weighted by molar-refractivity contribution is 5.80. The van der Waals surface area contributed by atoms with Crippen molar-refractivity contribution >= 4 is 5.91 Å². The molecule has 2 heterocycles. The molecule has 2 aromatic rings.